The molecule has 4 rings (SSSR count). The van der Waals surface area contributed by atoms with Gasteiger partial charge in [-0.1, -0.05) is 30.3 Å². The lowest BCUT2D eigenvalue weighted by Crippen LogP contribution is -2.52. The zero-order chi connectivity index (χ0) is 17.2. The van der Waals surface area contributed by atoms with E-state index in [0.717, 1.165) is 36.6 Å². The monoisotopic (exact) mass is 341 g/mol. The van der Waals surface area contributed by atoms with Crippen molar-refractivity contribution in [3.8, 4) is 0 Å². The van der Waals surface area contributed by atoms with E-state index >= 15 is 0 Å². The van der Waals surface area contributed by atoms with Gasteiger partial charge in [0.25, 0.3) is 5.91 Å². The van der Waals surface area contributed by atoms with Gasteiger partial charge in [0.2, 0.25) is 5.91 Å². The quantitative estimate of drug-likeness (QED) is 0.822. The summed E-state index contributed by atoms with van der Waals surface area (Å²) in [6.45, 7) is 1.05. The SMILES string of the molecule is O=C1CO[C@H](C(=O)NCc2nnc3n2CCC3)[C@@H](c2ccccc2)N1. The fourth-order valence-electron chi connectivity index (χ4n) is 3.31. The van der Waals surface area contributed by atoms with Gasteiger partial charge in [-0.3, -0.25) is 9.59 Å². The molecule has 2 aliphatic heterocycles. The summed E-state index contributed by atoms with van der Waals surface area (Å²) in [6.07, 6.45) is 1.20. The van der Waals surface area contributed by atoms with E-state index in [4.69, 9.17) is 4.74 Å². The molecule has 3 heterocycles. The number of morpholine rings is 1. The highest BCUT2D eigenvalue weighted by Crippen LogP contribution is 2.22. The lowest BCUT2D eigenvalue weighted by atomic mass is 9.99. The number of nitrogens with one attached hydrogen (secondary N) is 2. The van der Waals surface area contributed by atoms with Crippen LogP contribution in [0.1, 0.15) is 29.7 Å². The maximum atomic E-state index is 12.6. The van der Waals surface area contributed by atoms with Crippen molar-refractivity contribution in [2.24, 2.45) is 0 Å². The van der Waals surface area contributed by atoms with Gasteiger partial charge >= 0.3 is 0 Å². The van der Waals surface area contributed by atoms with Crippen LogP contribution in [-0.2, 0) is 33.8 Å². The summed E-state index contributed by atoms with van der Waals surface area (Å²) in [5.41, 5.74) is 0.832. The standard InChI is InChI=1S/C17H19N5O3/c23-14-10-25-16(15(19-14)11-5-2-1-3-6-11)17(24)18-9-13-21-20-12-7-4-8-22(12)13/h1-3,5-6,15-16H,4,7-10H2,(H,18,24)(H,19,23)/t15-,16+/m1/s1. The van der Waals surface area contributed by atoms with E-state index in [1.54, 1.807) is 0 Å². The van der Waals surface area contributed by atoms with Gasteiger partial charge < -0.3 is 19.9 Å². The molecular formula is C17H19N5O3. The molecule has 1 aromatic heterocycles. The Bertz CT molecular complexity index is 789. The van der Waals surface area contributed by atoms with Gasteiger partial charge in [-0.25, -0.2) is 0 Å². The molecule has 2 N–H and O–H groups in total. The number of fused-ring (bicyclic) bond motifs is 1. The largest absolute Gasteiger partial charge is 0.356 e. The summed E-state index contributed by atoms with van der Waals surface area (Å²) < 4.78 is 7.55. The van der Waals surface area contributed by atoms with E-state index in [1.165, 1.54) is 0 Å². The van der Waals surface area contributed by atoms with Crippen LogP contribution >= 0.6 is 0 Å². The van der Waals surface area contributed by atoms with Crippen LogP contribution in [0.5, 0.6) is 0 Å². The summed E-state index contributed by atoms with van der Waals surface area (Å²) in [6, 6.07) is 8.84. The molecule has 2 aliphatic rings. The molecule has 8 heteroatoms. The molecule has 1 fully saturated rings. The lowest BCUT2D eigenvalue weighted by Gasteiger charge is -2.31. The minimum Gasteiger partial charge on any atom is -0.356 e. The summed E-state index contributed by atoms with van der Waals surface area (Å²) in [7, 11) is 0. The third-order valence-electron chi connectivity index (χ3n) is 4.54. The van der Waals surface area contributed by atoms with Crippen molar-refractivity contribution in [3.05, 3.63) is 47.5 Å². The molecule has 8 nitrogen and oxygen atoms in total. The Labute approximate surface area is 144 Å². The first-order valence-electron chi connectivity index (χ1n) is 8.37. The number of amides is 2. The van der Waals surface area contributed by atoms with Gasteiger partial charge in [0.1, 0.15) is 12.4 Å². The first-order chi connectivity index (χ1) is 12.2. The minimum absolute atomic E-state index is 0.123. The second-order valence-electron chi connectivity index (χ2n) is 6.19. The number of hydrogen-bond acceptors (Lipinski definition) is 5. The molecule has 2 amide bonds. The van der Waals surface area contributed by atoms with Crippen molar-refractivity contribution in [1.29, 1.82) is 0 Å². The molecular weight excluding hydrogens is 322 g/mol. The highest BCUT2D eigenvalue weighted by atomic mass is 16.5. The van der Waals surface area contributed by atoms with Crippen LogP contribution < -0.4 is 10.6 Å². The van der Waals surface area contributed by atoms with Crippen LogP contribution in [0.3, 0.4) is 0 Å². The number of nitrogens with zero attached hydrogens (tertiary/aromatic N) is 3. The molecule has 0 bridgehead atoms. The predicted molar refractivity (Wildman–Crippen MR) is 87.3 cm³/mol. The molecule has 0 spiro atoms. The van der Waals surface area contributed by atoms with Gasteiger partial charge in [0.15, 0.2) is 11.9 Å². The number of carbonyl (C=O) groups excluding carboxylic acids is 2. The van der Waals surface area contributed by atoms with Crippen LogP contribution in [0, 0.1) is 0 Å². The Hall–Kier alpha value is -2.74. The van der Waals surface area contributed by atoms with Gasteiger partial charge in [0, 0.05) is 13.0 Å². The number of ether oxygens (including phenoxy) is 1. The van der Waals surface area contributed by atoms with Crippen molar-refractivity contribution in [3.63, 3.8) is 0 Å². The molecule has 130 valence electrons. The van der Waals surface area contributed by atoms with Gasteiger partial charge in [-0.2, -0.15) is 0 Å². The fraction of sp³-hybridized carbons (Fsp3) is 0.412. The van der Waals surface area contributed by atoms with Crippen LogP contribution in [0.4, 0.5) is 0 Å². The summed E-state index contributed by atoms with van der Waals surface area (Å²) in [5, 5.41) is 14.0. The number of aryl methyl sites for hydroxylation is 1. The zero-order valence-electron chi connectivity index (χ0n) is 13.6. The zero-order valence-corrected chi connectivity index (χ0v) is 13.6. The van der Waals surface area contributed by atoms with E-state index in [1.807, 2.05) is 34.9 Å². The molecule has 25 heavy (non-hydrogen) atoms. The molecule has 1 saturated heterocycles. The molecule has 1 aromatic carbocycles. The van der Waals surface area contributed by atoms with Gasteiger partial charge in [-0.05, 0) is 12.0 Å². The third-order valence-corrected chi connectivity index (χ3v) is 4.54. The van der Waals surface area contributed by atoms with Crippen LogP contribution in [-0.4, -0.2) is 39.3 Å². The van der Waals surface area contributed by atoms with E-state index < -0.39 is 12.1 Å². The van der Waals surface area contributed by atoms with Gasteiger partial charge in [-0.15, -0.1) is 10.2 Å². The number of carbonyl (C=O) groups is 2. The smallest absolute Gasteiger partial charge is 0.252 e. The number of rotatable bonds is 4. The van der Waals surface area contributed by atoms with Crippen molar-refractivity contribution >= 4 is 11.8 Å². The predicted octanol–water partition coefficient (Wildman–Crippen LogP) is 0.0968. The number of aromatic nitrogens is 3. The highest BCUT2D eigenvalue weighted by molar-refractivity contribution is 5.86. The van der Waals surface area contributed by atoms with Crippen molar-refractivity contribution in [1.82, 2.24) is 25.4 Å². The Morgan fingerprint density at radius 2 is 2.16 bits per heavy atom. The lowest BCUT2D eigenvalue weighted by molar-refractivity contribution is -0.148. The van der Waals surface area contributed by atoms with E-state index in [9.17, 15) is 9.59 Å². The second kappa shape index (κ2) is 6.64. The van der Waals surface area contributed by atoms with Gasteiger partial charge in [0.05, 0.1) is 12.6 Å². The average Bonchev–Trinajstić information content (AvgIpc) is 3.24. The van der Waals surface area contributed by atoms with Crippen LogP contribution in [0.2, 0.25) is 0 Å². The summed E-state index contributed by atoms with van der Waals surface area (Å²) in [5.74, 6) is 1.21. The van der Waals surface area contributed by atoms with Crippen molar-refractivity contribution in [2.75, 3.05) is 6.61 Å². The first kappa shape index (κ1) is 15.8. The first-order valence-corrected chi connectivity index (χ1v) is 8.37. The summed E-state index contributed by atoms with van der Waals surface area (Å²) in [4.78, 5) is 24.3. The number of hydrogen-bond donors (Lipinski definition) is 2. The average molecular weight is 341 g/mol. The number of benzene rings is 1. The normalized spacial score (nSPS) is 22.3. The Morgan fingerprint density at radius 1 is 1.32 bits per heavy atom. The molecule has 2 aromatic rings. The fourth-order valence-corrected chi connectivity index (χ4v) is 3.31. The molecule has 0 saturated carbocycles. The Kier molecular flexibility index (Phi) is 4.19. The molecule has 0 radical (unpaired) electrons. The minimum atomic E-state index is -0.777. The highest BCUT2D eigenvalue weighted by Gasteiger charge is 2.36. The van der Waals surface area contributed by atoms with Crippen LogP contribution in [0.25, 0.3) is 0 Å². The topological polar surface area (TPSA) is 98.1 Å². The van der Waals surface area contributed by atoms with E-state index in [2.05, 4.69) is 20.8 Å². The maximum absolute atomic E-state index is 12.6. The summed E-state index contributed by atoms with van der Waals surface area (Å²) >= 11 is 0. The third kappa shape index (κ3) is 3.12. The van der Waals surface area contributed by atoms with E-state index in [-0.39, 0.29) is 18.4 Å². The van der Waals surface area contributed by atoms with Crippen molar-refractivity contribution < 1.29 is 14.3 Å². The van der Waals surface area contributed by atoms with Crippen molar-refractivity contribution in [2.45, 2.75) is 38.1 Å². The van der Waals surface area contributed by atoms with E-state index in [0.29, 0.717) is 6.54 Å². The molecule has 0 aliphatic carbocycles. The Balaban J connectivity index is 1.46. The Morgan fingerprint density at radius 3 is 3.00 bits per heavy atom. The maximum Gasteiger partial charge on any atom is 0.252 e. The second-order valence-corrected chi connectivity index (χ2v) is 6.19. The molecule has 0 unspecified atom stereocenters. The molecule has 2 atom stereocenters. The van der Waals surface area contributed by atoms with Crippen LogP contribution in [0.15, 0.2) is 30.3 Å².